The highest BCUT2D eigenvalue weighted by Gasteiger charge is 2.27. The molecule has 1 amide bonds. The fraction of sp³-hybridized carbons (Fsp3) is 0.588. The van der Waals surface area contributed by atoms with Gasteiger partial charge in [-0.1, -0.05) is 25.5 Å². The topological polar surface area (TPSA) is 52.6 Å². The van der Waals surface area contributed by atoms with Gasteiger partial charge in [0.25, 0.3) is 0 Å². The molecule has 0 aliphatic carbocycles. The molecule has 4 nitrogen and oxygen atoms in total. The average molecular weight is 290 g/mol. The molecule has 0 unspecified atom stereocenters. The van der Waals surface area contributed by atoms with Crippen molar-refractivity contribution in [2.75, 3.05) is 25.0 Å². The summed E-state index contributed by atoms with van der Waals surface area (Å²) in [5.41, 5.74) is 1.58. The highest BCUT2D eigenvalue weighted by Crippen LogP contribution is 2.20. The molecule has 0 saturated carbocycles. The third-order valence-electron chi connectivity index (χ3n) is 4.08. The first-order valence-corrected chi connectivity index (χ1v) is 7.82. The summed E-state index contributed by atoms with van der Waals surface area (Å²) in [6.45, 7) is 5.96. The summed E-state index contributed by atoms with van der Waals surface area (Å²) < 4.78 is 0. The van der Waals surface area contributed by atoms with Gasteiger partial charge in [0, 0.05) is 18.8 Å². The molecule has 0 aromatic heterocycles. The monoisotopic (exact) mass is 290 g/mol. The van der Waals surface area contributed by atoms with Gasteiger partial charge in [-0.3, -0.25) is 9.69 Å². The van der Waals surface area contributed by atoms with Crippen LogP contribution in [-0.2, 0) is 11.2 Å². The zero-order valence-electron chi connectivity index (χ0n) is 13.1. The van der Waals surface area contributed by atoms with E-state index in [9.17, 15) is 9.90 Å². The number of nitrogens with zero attached hydrogens (tertiary/aromatic N) is 1. The highest BCUT2D eigenvalue weighted by molar-refractivity contribution is 5.92. The number of nitrogens with one attached hydrogen (secondary N) is 1. The van der Waals surface area contributed by atoms with Crippen LogP contribution in [0.25, 0.3) is 0 Å². The van der Waals surface area contributed by atoms with Crippen LogP contribution in [-0.4, -0.2) is 41.1 Å². The SMILES string of the molecule is CCCc1ccc(NC(=O)CN2CCC(C)(O)CC2)cc1. The number of amides is 1. The van der Waals surface area contributed by atoms with Gasteiger partial charge in [0.05, 0.1) is 12.1 Å². The van der Waals surface area contributed by atoms with Gasteiger partial charge in [0.2, 0.25) is 5.91 Å². The molecule has 1 aromatic carbocycles. The maximum atomic E-state index is 12.0. The molecule has 1 aromatic rings. The molecule has 116 valence electrons. The minimum Gasteiger partial charge on any atom is -0.390 e. The predicted molar refractivity (Wildman–Crippen MR) is 85.4 cm³/mol. The van der Waals surface area contributed by atoms with E-state index in [1.807, 2.05) is 19.1 Å². The van der Waals surface area contributed by atoms with E-state index < -0.39 is 5.60 Å². The van der Waals surface area contributed by atoms with Gasteiger partial charge in [-0.05, 0) is 43.9 Å². The molecule has 2 N–H and O–H groups in total. The third kappa shape index (κ3) is 5.14. The lowest BCUT2D eigenvalue weighted by molar-refractivity contribution is -0.118. The van der Waals surface area contributed by atoms with Crippen LogP contribution in [0.3, 0.4) is 0 Å². The fourth-order valence-corrected chi connectivity index (χ4v) is 2.64. The van der Waals surface area contributed by atoms with E-state index >= 15 is 0 Å². The smallest absolute Gasteiger partial charge is 0.238 e. The van der Waals surface area contributed by atoms with E-state index in [1.54, 1.807) is 0 Å². The lowest BCUT2D eigenvalue weighted by Gasteiger charge is -2.35. The normalized spacial score (nSPS) is 18.4. The Morgan fingerprint density at radius 3 is 2.48 bits per heavy atom. The summed E-state index contributed by atoms with van der Waals surface area (Å²) in [6, 6.07) is 8.06. The first-order valence-electron chi connectivity index (χ1n) is 7.82. The zero-order chi connectivity index (χ0) is 15.3. The summed E-state index contributed by atoms with van der Waals surface area (Å²) >= 11 is 0. The van der Waals surface area contributed by atoms with Gasteiger partial charge in [-0.25, -0.2) is 0 Å². The number of likely N-dealkylation sites (tertiary alicyclic amines) is 1. The molecule has 4 heteroatoms. The molecular weight excluding hydrogens is 264 g/mol. The van der Waals surface area contributed by atoms with Crippen LogP contribution in [0.15, 0.2) is 24.3 Å². The Bertz CT molecular complexity index is 458. The van der Waals surface area contributed by atoms with Gasteiger partial charge < -0.3 is 10.4 Å². The Labute approximate surface area is 127 Å². The Morgan fingerprint density at radius 2 is 1.90 bits per heavy atom. The van der Waals surface area contributed by atoms with Crippen molar-refractivity contribution in [3.05, 3.63) is 29.8 Å². The number of carbonyl (C=O) groups excluding carboxylic acids is 1. The van der Waals surface area contributed by atoms with Crippen LogP contribution in [0.1, 0.15) is 38.7 Å². The maximum absolute atomic E-state index is 12.0. The van der Waals surface area contributed by atoms with Gasteiger partial charge in [0.1, 0.15) is 0 Å². The van der Waals surface area contributed by atoms with Crippen molar-refractivity contribution in [2.24, 2.45) is 0 Å². The van der Waals surface area contributed by atoms with Crippen LogP contribution in [0.5, 0.6) is 0 Å². The van der Waals surface area contributed by atoms with Crippen LogP contribution >= 0.6 is 0 Å². The first-order chi connectivity index (χ1) is 9.98. The second kappa shape index (κ2) is 7.05. The summed E-state index contributed by atoms with van der Waals surface area (Å²) in [5.74, 6) is 0.0137. The Kier molecular flexibility index (Phi) is 5.37. The lowest BCUT2D eigenvalue weighted by atomic mass is 9.94. The van der Waals surface area contributed by atoms with Crippen LogP contribution < -0.4 is 5.32 Å². The number of rotatable bonds is 5. The number of anilines is 1. The third-order valence-corrected chi connectivity index (χ3v) is 4.08. The molecule has 2 rings (SSSR count). The van der Waals surface area contributed by atoms with Crippen LogP contribution in [0.2, 0.25) is 0 Å². The van der Waals surface area contributed by atoms with E-state index in [0.717, 1.165) is 44.5 Å². The predicted octanol–water partition coefficient (Wildman–Crippen LogP) is 2.42. The van der Waals surface area contributed by atoms with Crippen LogP contribution in [0, 0.1) is 0 Å². The van der Waals surface area contributed by atoms with Gasteiger partial charge in [-0.2, -0.15) is 0 Å². The summed E-state index contributed by atoms with van der Waals surface area (Å²) in [4.78, 5) is 14.1. The molecule has 1 saturated heterocycles. The number of aliphatic hydroxyl groups is 1. The minimum absolute atomic E-state index is 0.0137. The zero-order valence-corrected chi connectivity index (χ0v) is 13.1. The van der Waals surface area contributed by atoms with Crippen molar-refractivity contribution in [3.8, 4) is 0 Å². The molecule has 0 radical (unpaired) electrons. The van der Waals surface area contributed by atoms with Crippen molar-refractivity contribution >= 4 is 11.6 Å². The molecule has 1 fully saturated rings. The van der Waals surface area contributed by atoms with Gasteiger partial charge in [0.15, 0.2) is 0 Å². The molecule has 0 spiro atoms. The van der Waals surface area contributed by atoms with Crippen molar-refractivity contribution in [1.82, 2.24) is 4.90 Å². The van der Waals surface area contributed by atoms with Crippen molar-refractivity contribution in [1.29, 1.82) is 0 Å². The Balaban J connectivity index is 1.79. The molecule has 0 bridgehead atoms. The number of hydrogen-bond acceptors (Lipinski definition) is 3. The lowest BCUT2D eigenvalue weighted by Crippen LogP contribution is -2.45. The second-order valence-corrected chi connectivity index (χ2v) is 6.27. The largest absolute Gasteiger partial charge is 0.390 e. The fourth-order valence-electron chi connectivity index (χ4n) is 2.64. The minimum atomic E-state index is -0.567. The first kappa shape index (κ1) is 16.0. The Morgan fingerprint density at radius 1 is 1.29 bits per heavy atom. The highest BCUT2D eigenvalue weighted by atomic mass is 16.3. The molecule has 21 heavy (non-hydrogen) atoms. The van der Waals surface area contributed by atoms with E-state index in [0.29, 0.717) is 6.54 Å². The van der Waals surface area contributed by atoms with Crippen molar-refractivity contribution < 1.29 is 9.90 Å². The number of aryl methyl sites for hydroxylation is 1. The maximum Gasteiger partial charge on any atom is 0.238 e. The van der Waals surface area contributed by atoms with Gasteiger partial charge >= 0.3 is 0 Å². The summed E-state index contributed by atoms with van der Waals surface area (Å²) in [5, 5.41) is 12.8. The van der Waals surface area contributed by atoms with E-state index in [2.05, 4.69) is 29.3 Å². The summed E-state index contributed by atoms with van der Waals surface area (Å²) in [7, 11) is 0. The van der Waals surface area contributed by atoms with Gasteiger partial charge in [-0.15, -0.1) is 0 Å². The average Bonchev–Trinajstić information content (AvgIpc) is 2.44. The van der Waals surface area contributed by atoms with Crippen molar-refractivity contribution in [2.45, 2.75) is 45.1 Å². The molecular formula is C17H26N2O2. The van der Waals surface area contributed by atoms with E-state index in [4.69, 9.17) is 0 Å². The van der Waals surface area contributed by atoms with E-state index in [-0.39, 0.29) is 5.91 Å². The number of benzene rings is 1. The number of carbonyl (C=O) groups is 1. The molecule has 0 atom stereocenters. The van der Waals surface area contributed by atoms with Crippen LogP contribution in [0.4, 0.5) is 5.69 Å². The number of piperidine rings is 1. The van der Waals surface area contributed by atoms with E-state index in [1.165, 1.54) is 5.56 Å². The quantitative estimate of drug-likeness (QED) is 0.875. The van der Waals surface area contributed by atoms with Crippen molar-refractivity contribution in [3.63, 3.8) is 0 Å². The molecule has 1 aliphatic heterocycles. The standard InChI is InChI=1S/C17H26N2O2/c1-3-4-14-5-7-15(8-6-14)18-16(20)13-19-11-9-17(2,21)10-12-19/h5-8,21H,3-4,9-13H2,1-2H3,(H,18,20). The number of hydrogen-bond donors (Lipinski definition) is 2. The Hall–Kier alpha value is -1.39. The molecule has 1 heterocycles. The summed E-state index contributed by atoms with van der Waals surface area (Å²) in [6.07, 6.45) is 3.66. The second-order valence-electron chi connectivity index (χ2n) is 6.27. The molecule has 1 aliphatic rings.